The molecule has 0 saturated heterocycles. The summed E-state index contributed by atoms with van der Waals surface area (Å²) in [5.41, 5.74) is 12.1. The molecule has 2 aromatic rings. The van der Waals surface area contributed by atoms with E-state index in [0.717, 1.165) is 0 Å². The van der Waals surface area contributed by atoms with Gasteiger partial charge in [-0.2, -0.15) is 13.2 Å². The number of ether oxygens (including phenoxy) is 1. The Labute approximate surface area is 164 Å². The molecular formula is C18H19ClF4N4O. The summed E-state index contributed by atoms with van der Waals surface area (Å²) in [6, 6.07) is 6.89. The fraction of sp³-hybridized carbons (Fsp3) is 0.333. The second-order valence-corrected chi connectivity index (χ2v) is 6.68. The number of hydrogen-bond donors (Lipinski definition) is 2. The van der Waals surface area contributed by atoms with E-state index in [9.17, 15) is 17.6 Å². The largest absolute Gasteiger partial charge is 0.465 e. The molecule has 10 heteroatoms. The van der Waals surface area contributed by atoms with E-state index in [1.165, 1.54) is 30.5 Å². The molecule has 1 aliphatic rings. The Hall–Kier alpha value is -2.55. The van der Waals surface area contributed by atoms with Gasteiger partial charge in [-0.3, -0.25) is 4.98 Å². The van der Waals surface area contributed by atoms with Crippen molar-refractivity contribution in [2.75, 3.05) is 12.3 Å². The fourth-order valence-corrected chi connectivity index (χ4v) is 2.60. The van der Waals surface area contributed by atoms with Crippen LogP contribution in [0.15, 0.2) is 41.5 Å². The normalized spacial score (nSPS) is 19.1. The summed E-state index contributed by atoms with van der Waals surface area (Å²) >= 11 is 5.44. The Morgan fingerprint density at radius 1 is 1.21 bits per heavy atom. The molecule has 4 N–H and O–H groups in total. The van der Waals surface area contributed by atoms with E-state index in [0.29, 0.717) is 22.9 Å². The number of benzene rings is 1. The summed E-state index contributed by atoms with van der Waals surface area (Å²) in [6.45, 7) is 2.37. The molecule has 0 radical (unpaired) electrons. The van der Waals surface area contributed by atoms with Crippen LogP contribution in [-0.4, -0.2) is 23.8 Å². The summed E-state index contributed by atoms with van der Waals surface area (Å²) < 4.78 is 54.0. The molecule has 0 aliphatic carbocycles. The lowest BCUT2D eigenvalue weighted by Crippen LogP contribution is -2.29. The SMILES string of the molecule is C[C@H]1COC(N)=NC1c1cc(N)ccc1F.FC(F)(F)Cc1ccc(Cl)cn1. The van der Waals surface area contributed by atoms with Crippen LogP contribution < -0.4 is 11.5 Å². The van der Waals surface area contributed by atoms with Crippen LogP contribution in [0.2, 0.25) is 5.02 Å². The van der Waals surface area contributed by atoms with Crippen molar-refractivity contribution in [2.45, 2.75) is 25.6 Å². The molecule has 0 spiro atoms. The highest BCUT2D eigenvalue weighted by atomic mass is 35.5. The topological polar surface area (TPSA) is 86.5 Å². The quantitative estimate of drug-likeness (QED) is 0.563. The van der Waals surface area contributed by atoms with Crippen molar-refractivity contribution >= 4 is 23.3 Å². The Morgan fingerprint density at radius 3 is 2.54 bits per heavy atom. The first-order valence-electron chi connectivity index (χ1n) is 8.23. The minimum atomic E-state index is -4.21. The van der Waals surface area contributed by atoms with Gasteiger partial charge >= 0.3 is 6.18 Å². The molecule has 28 heavy (non-hydrogen) atoms. The Morgan fingerprint density at radius 2 is 1.93 bits per heavy atom. The van der Waals surface area contributed by atoms with Crippen molar-refractivity contribution in [2.24, 2.45) is 16.6 Å². The molecular weight excluding hydrogens is 400 g/mol. The highest BCUT2D eigenvalue weighted by molar-refractivity contribution is 6.30. The number of amidine groups is 1. The number of nitrogens with two attached hydrogens (primary N) is 2. The molecule has 1 unspecified atom stereocenters. The monoisotopic (exact) mass is 418 g/mol. The number of rotatable bonds is 2. The zero-order valence-corrected chi connectivity index (χ0v) is 15.6. The second-order valence-electron chi connectivity index (χ2n) is 6.24. The molecule has 3 rings (SSSR count). The number of aliphatic imine (C=N–C) groups is 1. The van der Waals surface area contributed by atoms with Gasteiger partial charge in [-0.15, -0.1) is 0 Å². The zero-order valence-electron chi connectivity index (χ0n) is 14.9. The number of nitrogens with zero attached hydrogens (tertiary/aromatic N) is 2. The number of pyridine rings is 1. The van der Waals surface area contributed by atoms with E-state index in [-0.39, 0.29) is 29.5 Å². The van der Waals surface area contributed by atoms with Gasteiger partial charge in [0.1, 0.15) is 5.82 Å². The Bertz CT molecular complexity index is 827. The predicted octanol–water partition coefficient (Wildman–Crippen LogP) is 4.27. The number of alkyl halides is 3. The Kier molecular flexibility index (Phi) is 7.06. The zero-order chi connectivity index (χ0) is 20.9. The maximum Gasteiger partial charge on any atom is 0.394 e. The third-order valence-electron chi connectivity index (χ3n) is 3.81. The van der Waals surface area contributed by atoms with E-state index in [4.69, 9.17) is 27.8 Å². The van der Waals surface area contributed by atoms with Crippen molar-refractivity contribution in [3.8, 4) is 0 Å². The van der Waals surface area contributed by atoms with Crippen LogP contribution in [0, 0.1) is 11.7 Å². The number of hydrogen-bond acceptors (Lipinski definition) is 5. The van der Waals surface area contributed by atoms with Crippen molar-refractivity contribution < 1.29 is 22.3 Å². The summed E-state index contributed by atoms with van der Waals surface area (Å²) in [6.07, 6.45) is -4.02. The highest BCUT2D eigenvalue weighted by Gasteiger charge is 2.28. The lowest BCUT2D eigenvalue weighted by atomic mass is 9.94. The fourth-order valence-electron chi connectivity index (χ4n) is 2.49. The van der Waals surface area contributed by atoms with Crippen LogP contribution in [0.1, 0.15) is 24.2 Å². The van der Waals surface area contributed by atoms with Gasteiger partial charge in [0, 0.05) is 29.1 Å². The van der Waals surface area contributed by atoms with E-state index in [1.807, 2.05) is 6.92 Å². The molecule has 5 nitrogen and oxygen atoms in total. The van der Waals surface area contributed by atoms with Crippen LogP contribution in [0.4, 0.5) is 23.2 Å². The lowest BCUT2D eigenvalue weighted by molar-refractivity contribution is -0.127. The molecule has 152 valence electrons. The molecule has 0 bridgehead atoms. The van der Waals surface area contributed by atoms with Crippen LogP contribution in [0.3, 0.4) is 0 Å². The minimum Gasteiger partial charge on any atom is -0.465 e. The van der Waals surface area contributed by atoms with E-state index >= 15 is 0 Å². The summed E-state index contributed by atoms with van der Waals surface area (Å²) in [4.78, 5) is 7.62. The van der Waals surface area contributed by atoms with E-state index in [2.05, 4.69) is 9.98 Å². The minimum absolute atomic E-state index is 0.0214. The van der Waals surface area contributed by atoms with Gasteiger partial charge in [0.2, 0.25) is 0 Å². The number of anilines is 1. The van der Waals surface area contributed by atoms with Crippen molar-refractivity contribution in [1.82, 2.24) is 4.98 Å². The van der Waals surface area contributed by atoms with Gasteiger partial charge < -0.3 is 16.2 Å². The van der Waals surface area contributed by atoms with Crippen LogP contribution in [-0.2, 0) is 11.2 Å². The van der Waals surface area contributed by atoms with Gasteiger partial charge in [-0.25, -0.2) is 9.38 Å². The molecule has 1 aliphatic heterocycles. The molecule has 2 heterocycles. The molecule has 1 aromatic heterocycles. The first kappa shape index (κ1) is 21.7. The average molecular weight is 419 g/mol. The second kappa shape index (κ2) is 9.09. The smallest absolute Gasteiger partial charge is 0.394 e. The first-order valence-corrected chi connectivity index (χ1v) is 8.61. The molecule has 0 amide bonds. The van der Waals surface area contributed by atoms with Gasteiger partial charge in [-0.05, 0) is 30.3 Å². The van der Waals surface area contributed by atoms with Crippen molar-refractivity contribution in [3.63, 3.8) is 0 Å². The van der Waals surface area contributed by atoms with Gasteiger partial charge in [-0.1, -0.05) is 18.5 Å². The van der Waals surface area contributed by atoms with Crippen molar-refractivity contribution in [3.05, 3.63) is 58.6 Å². The Balaban J connectivity index is 0.000000209. The molecule has 1 aromatic carbocycles. The summed E-state index contributed by atoms with van der Waals surface area (Å²) in [5, 5.41) is 0.334. The maximum atomic E-state index is 13.6. The lowest BCUT2D eigenvalue weighted by Gasteiger charge is -2.26. The van der Waals surface area contributed by atoms with Gasteiger partial charge in [0.15, 0.2) is 0 Å². The van der Waals surface area contributed by atoms with E-state index < -0.39 is 12.6 Å². The van der Waals surface area contributed by atoms with Crippen LogP contribution in [0.5, 0.6) is 0 Å². The number of halogens is 5. The molecule has 0 fully saturated rings. The third-order valence-corrected chi connectivity index (χ3v) is 4.03. The van der Waals surface area contributed by atoms with Crippen LogP contribution >= 0.6 is 11.6 Å². The summed E-state index contributed by atoms with van der Waals surface area (Å²) in [5.74, 6) is -0.242. The van der Waals surface area contributed by atoms with Crippen molar-refractivity contribution in [1.29, 1.82) is 0 Å². The number of aromatic nitrogens is 1. The third kappa shape index (κ3) is 6.56. The number of nitrogen functional groups attached to an aromatic ring is 1. The standard InChI is InChI=1S/C11H14FN3O.C7H5ClF3N/c1-6-5-16-11(14)15-10(6)8-4-7(13)2-3-9(8)12;8-5-1-2-6(12-4-5)3-7(9,10)11/h2-4,6,10H,5,13H2,1H3,(H2,14,15);1-2,4H,3H2/t6-,10?;/m0./s1. The highest BCUT2D eigenvalue weighted by Crippen LogP contribution is 2.32. The van der Waals surface area contributed by atoms with Crippen LogP contribution in [0.25, 0.3) is 0 Å². The predicted molar refractivity (Wildman–Crippen MR) is 99.3 cm³/mol. The maximum absolute atomic E-state index is 13.6. The molecule has 0 saturated carbocycles. The summed E-state index contributed by atoms with van der Waals surface area (Å²) in [7, 11) is 0. The molecule has 2 atom stereocenters. The van der Waals surface area contributed by atoms with Gasteiger partial charge in [0.05, 0.1) is 24.1 Å². The van der Waals surface area contributed by atoms with Gasteiger partial charge in [0.25, 0.3) is 6.02 Å². The first-order chi connectivity index (χ1) is 13.0. The average Bonchev–Trinajstić information content (AvgIpc) is 2.61. The van der Waals surface area contributed by atoms with E-state index in [1.54, 1.807) is 6.07 Å².